The van der Waals surface area contributed by atoms with Crippen LogP contribution in [0.3, 0.4) is 0 Å². The fraction of sp³-hybridized carbons (Fsp3) is 0.0667. The third kappa shape index (κ3) is 2.15. The predicted molar refractivity (Wildman–Crippen MR) is 68.8 cm³/mol. The van der Waals surface area contributed by atoms with Crippen LogP contribution in [0.1, 0.15) is 27.6 Å². The third-order valence-corrected chi connectivity index (χ3v) is 2.74. The molecule has 0 atom stereocenters. The lowest BCUT2D eigenvalue weighted by atomic mass is 9.94. The van der Waals surface area contributed by atoms with Gasteiger partial charge in [-0.3, -0.25) is 4.79 Å². The number of carbonyl (C=O) groups excluding carboxylic acids is 1. The summed E-state index contributed by atoms with van der Waals surface area (Å²) in [5.74, 6) is -1.33. The topological polar surface area (TPSA) is 54.4 Å². The van der Waals surface area contributed by atoms with E-state index in [9.17, 15) is 14.7 Å². The van der Waals surface area contributed by atoms with E-state index in [-0.39, 0.29) is 16.9 Å². The molecule has 2 rings (SSSR count). The minimum absolute atomic E-state index is 0.0659. The lowest BCUT2D eigenvalue weighted by molar-refractivity contribution is 0.0693. The van der Waals surface area contributed by atoms with Crippen molar-refractivity contribution in [1.29, 1.82) is 0 Å². The van der Waals surface area contributed by atoms with Crippen molar-refractivity contribution in [1.82, 2.24) is 0 Å². The van der Waals surface area contributed by atoms with Crippen molar-refractivity contribution in [3.05, 3.63) is 59.7 Å². The minimum Gasteiger partial charge on any atom is -0.478 e. The molecule has 0 aliphatic carbocycles. The van der Waals surface area contributed by atoms with Crippen molar-refractivity contribution in [2.75, 3.05) is 0 Å². The molecule has 0 fully saturated rings. The molecular formula is C15H12O3. The van der Waals surface area contributed by atoms with E-state index in [1.807, 2.05) is 30.3 Å². The van der Waals surface area contributed by atoms with E-state index in [1.54, 1.807) is 12.1 Å². The number of carboxylic acid groups (broad SMARTS) is 1. The molecule has 3 heteroatoms. The van der Waals surface area contributed by atoms with Crippen molar-refractivity contribution < 1.29 is 14.7 Å². The second-order valence-corrected chi connectivity index (χ2v) is 3.96. The van der Waals surface area contributed by atoms with E-state index < -0.39 is 5.97 Å². The van der Waals surface area contributed by atoms with Gasteiger partial charge in [-0.1, -0.05) is 48.5 Å². The van der Waals surface area contributed by atoms with Crippen LogP contribution in [0.5, 0.6) is 0 Å². The standard InChI is InChI=1S/C15H12O3/c1-10(16)12-8-5-9-13(14(12)15(17)18)11-6-3-2-4-7-11/h2-9H,1H3,(H,17,18). The first-order valence-electron chi connectivity index (χ1n) is 5.54. The van der Waals surface area contributed by atoms with Gasteiger partial charge in [0.2, 0.25) is 0 Å². The first kappa shape index (κ1) is 12.0. The molecule has 2 aromatic carbocycles. The molecule has 0 bridgehead atoms. The maximum Gasteiger partial charge on any atom is 0.337 e. The fourth-order valence-corrected chi connectivity index (χ4v) is 1.93. The zero-order valence-corrected chi connectivity index (χ0v) is 9.88. The summed E-state index contributed by atoms with van der Waals surface area (Å²) < 4.78 is 0. The molecule has 0 saturated carbocycles. The van der Waals surface area contributed by atoms with E-state index in [4.69, 9.17) is 0 Å². The second kappa shape index (κ2) is 4.84. The largest absolute Gasteiger partial charge is 0.478 e. The molecular weight excluding hydrogens is 228 g/mol. The van der Waals surface area contributed by atoms with Crippen LogP contribution in [0.2, 0.25) is 0 Å². The van der Waals surface area contributed by atoms with Gasteiger partial charge in [-0.2, -0.15) is 0 Å². The zero-order valence-electron chi connectivity index (χ0n) is 9.88. The lowest BCUT2D eigenvalue weighted by Crippen LogP contribution is -2.08. The number of benzene rings is 2. The van der Waals surface area contributed by atoms with Crippen LogP contribution >= 0.6 is 0 Å². The second-order valence-electron chi connectivity index (χ2n) is 3.96. The summed E-state index contributed by atoms with van der Waals surface area (Å²) in [6.45, 7) is 1.37. The van der Waals surface area contributed by atoms with E-state index in [2.05, 4.69) is 0 Å². The third-order valence-electron chi connectivity index (χ3n) is 2.74. The summed E-state index contributed by atoms with van der Waals surface area (Å²) >= 11 is 0. The average Bonchev–Trinajstić information content (AvgIpc) is 2.38. The molecule has 18 heavy (non-hydrogen) atoms. The van der Waals surface area contributed by atoms with Gasteiger partial charge in [0.05, 0.1) is 5.56 Å². The number of ketones is 1. The highest BCUT2D eigenvalue weighted by molar-refractivity contribution is 6.08. The smallest absolute Gasteiger partial charge is 0.337 e. The monoisotopic (exact) mass is 240 g/mol. The van der Waals surface area contributed by atoms with Gasteiger partial charge in [-0.25, -0.2) is 4.79 Å². The molecule has 1 N–H and O–H groups in total. The summed E-state index contributed by atoms with van der Waals surface area (Å²) in [7, 11) is 0. The Hall–Kier alpha value is -2.42. The highest BCUT2D eigenvalue weighted by Crippen LogP contribution is 2.26. The van der Waals surface area contributed by atoms with Crippen molar-refractivity contribution in [2.24, 2.45) is 0 Å². The Balaban J connectivity index is 2.72. The maximum atomic E-state index is 11.5. The summed E-state index contributed by atoms with van der Waals surface area (Å²) in [4.78, 5) is 22.9. The molecule has 0 heterocycles. The van der Waals surface area contributed by atoms with Gasteiger partial charge in [0, 0.05) is 5.56 Å². The molecule has 3 nitrogen and oxygen atoms in total. The SMILES string of the molecule is CC(=O)c1cccc(-c2ccccc2)c1C(=O)O. The van der Waals surface area contributed by atoms with Gasteiger partial charge in [0.15, 0.2) is 5.78 Å². The van der Waals surface area contributed by atoms with Crippen LogP contribution in [-0.2, 0) is 0 Å². The van der Waals surface area contributed by atoms with Crippen molar-refractivity contribution in [3.63, 3.8) is 0 Å². The Labute approximate surface area is 105 Å². The maximum absolute atomic E-state index is 11.5. The number of carbonyl (C=O) groups is 2. The first-order valence-corrected chi connectivity index (χ1v) is 5.54. The molecule has 0 unspecified atom stereocenters. The van der Waals surface area contributed by atoms with Crippen LogP contribution < -0.4 is 0 Å². The number of rotatable bonds is 3. The van der Waals surface area contributed by atoms with Gasteiger partial charge in [0.1, 0.15) is 0 Å². The number of hydrogen-bond acceptors (Lipinski definition) is 2. The van der Waals surface area contributed by atoms with Gasteiger partial charge in [-0.15, -0.1) is 0 Å². The van der Waals surface area contributed by atoms with Gasteiger partial charge >= 0.3 is 5.97 Å². The first-order chi connectivity index (χ1) is 8.61. The Morgan fingerprint density at radius 2 is 1.61 bits per heavy atom. The number of aromatic carboxylic acids is 1. The Kier molecular flexibility index (Phi) is 3.24. The van der Waals surface area contributed by atoms with Crippen LogP contribution in [0, 0.1) is 0 Å². The Bertz CT molecular complexity index is 600. The molecule has 0 spiro atoms. The molecule has 2 aromatic rings. The summed E-state index contributed by atoms with van der Waals surface area (Å²) in [6.07, 6.45) is 0. The number of hydrogen-bond donors (Lipinski definition) is 1. The highest BCUT2D eigenvalue weighted by atomic mass is 16.4. The average molecular weight is 240 g/mol. The molecule has 90 valence electrons. The zero-order chi connectivity index (χ0) is 13.1. The summed E-state index contributed by atoms with van der Waals surface area (Å²) in [5, 5.41) is 9.30. The Morgan fingerprint density at radius 1 is 0.944 bits per heavy atom. The fourth-order valence-electron chi connectivity index (χ4n) is 1.93. The van der Waals surface area contributed by atoms with E-state index in [0.717, 1.165) is 5.56 Å². The van der Waals surface area contributed by atoms with Gasteiger partial charge < -0.3 is 5.11 Å². The molecule has 0 amide bonds. The Morgan fingerprint density at radius 3 is 2.17 bits per heavy atom. The van der Waals surface area contributed by atoms with E-state index in [0.29, 0.717) is 5.56 Å². The molecule has 0 radical (unpaired) electrons. The van der Waals surface area contributed by atoms with Crippen molar-refractivity contribution in [3.8, 4) is 11.1 Å². The normalized spacial score (nSPS) is 10.1. The van der Waals surface area contributed by atoms with Crippen molar-refractivity contribution >= 4 is 11.8 Å². The quantitative estimate of drug-likeness (QED) is 0.838. The molecule has 0 aliphatic rings. The number of Topliss-reactive ketones (excluding diaryl/α,β-unsaturated/α-hetero) is 1. The van der Waals surface area contributed by atoms with E-state index >= 15 is 0 Å². The minimum atomic E-state index is -1.08. The van der Waals surface area contributed by atoms with Crippen LogP contribution in [0.25, 0.3) is 11.1 Å². The highest BCUT2D eigenvalue weighted by Gasteiger charge is 2.18. The van der Waals surface area contributed by atoms with Gasteiger partial charge in [-0.05, 0) is 18.1 Å². The summed E-state index contributed by atoms with van der Waals surface area (Å²) in [5.41, 5.74) is 1.66. The van der Waals surface area contributed by atoms with Crippen LogP contribution in [-0.4, -0.2) is 16.9 Å². The van der Waals surface area contributed by atoms with Gasteiger partial charge in [0.25, 0.3) is 0 Å². The molecule has 0 aliphatic heterocycles. The van der Waals surface area contributed by atoms with E-state index in [1.165, 1.54) is 13.0 Å². The summed E-state index contributed by atoms with van der Waals surface area (Å²) in [6, 6.07) is 14.1. The lowest BCUT2D eigenvalue weighted by Gasteiger charge is -2.09. The molecule has 0 saturated heterocycles. The van der Waals surface area contributed by atoms with Crippen molar-refractivity contribution in [2.45, 2.75) is 6.92 Å². The number of carboxylic acids is 1. The van der Waals surface area contributed by atoms with Crippen LogP contribution in [0.4, 0.5) is 0 Å². The molecule has 0 aromatic heterocycles. The van der Waals surface area contributed by atoms with Crippen LogP contribution in [0.15, 0.2) is 48.5 Å². The predicted octanol–water partition coefficient (Wildman–Crippen LogP) is 3.25.